The fraction of sp³-hybridized carbons (Fsp3) is 0.250. The zero-order valence-corrected chi connectivity index (χ0v) is 10.4. The molecule has 6 heteroatoms. The molecule has 1 aromatic carbocycles. The van der Waals surface area contributed by atoms with E-state index in [9.17, 15) is 8.42 Å². The van der Waals surface area contributed by atoms with Gasteiger partial charge in [0, 0.05) is 4.43 Å². The molecule has 0 aliphatic carbocycles. The monoisotopic (exact) mass is 326 g/mol. The van der Waals surface area contributed by atoms with Gasteiger partial charge < -0.3 is 0 Å². The molecule has 0 bridgehead atoms. The summed E-state index contributed by atoms with van der Waals surface area (Å²) in [6.07, 6.45) is 0.720. The summed E-state index contributed by atoms with van der Waals surface area (Å²) in [5, 5.41) is 0. The number of aryl methyl sites for hydroxylation is 1. The fourth-order valence-corrected chi connectivity index (χ4v) is 2.62. The van der Waals surface area contributed by atoms with E-state index in [0.29, 0.717) is 0 Å². The number of hydrazine groups is 1. The van der Waals surface area contributed by atoms with Crippen LogP contribution in [-0.2, 0) is 16.4 Å². The van der Waals surface area contributed by atoms with Crippen LogP contribution in [0.25, 0.3) is 0 Å². The van der Waals surface area contributed by atoms with Gasteiger partial charge in [-0.05, 0) is 18.1 Å². The minimum atomic E-state index is -3.53. The summed E-state index contributed by atoms with van der Waals surface area (Å²) in [7, 11) is -3.53. The predicted molar refractivity (Wildman–Crippen MR) is 63.5 cm³/mol. The Hall–Kier alpha value is -0.180. The van der Waals surface area contributed by atoms with Crippen molar-refractivity contribution in [2.45, 2.75) is 11.3 Å². The van der Waals surface area contributed by atoms with Gasteiger partial charge in [0.25, 0.3) is 10.0 Å². The van der Waals surface area contributed by atoms with Crippen LogP contribution in [0.1, 0.15) is 5.56 Å². The number of nitrogens with two attached hydrogens (primary N) is 1. The summed E-state index contributed by atoms with van der Waals surface area (Å²) in [5.41, 5.74) is 0.792. The van der Waals surface area contributed by atoms with Crippen LogP contribution in [-0.4, -0.2) is 12.8 Å². The van der Waals surface area contributed by atoms with Gasteiger partial charge in [-0.3, -0.25) is 5.84 Å². The van der Waals surface area contributed by atoms with E-state index in [2.05, 4.69) is 22.6 Å². The lowest BCUT2D eigenvalue weighted by Gasteiger charge is -2.07. The highest BCUT2D eigenvalue weighted by Crippen LogP contribution is 2.15. The molecule has 4 nitrogen and oxygen atoms in total. The molecular weight excluding hydrogens is 315 g/mol. The lowest BCUT2D eigenvalue weighted by atomic mass is 10.2. The van der Waals surface area contributed by atoms with Crippen molar-refractivity contribution >= 4 is 32.6 Å². The summed E-state index contributed by atoms with van der Waals surface area (Å²) in [4.78, 5) is 2.09. The van der Waals surface area contributed by atoms with Crippen molar-refractivity contribution in [2.24, 2.45) is 5.84 Å². The number of alkyl halides is 1. The third-order valence-corrected chi connectivity index (χ3v) is 3.61. The Balaban J connectivity index is 3.20. The fourth-order valence-electron chi connectivity index (χ4n) is 1.14. The molecule has 1 rings (SSSR count). The highest BCUT2D eigenvalue weighted by Gasteiger charge is 2.15. The van der Waals surface area contributed by atoms with Crippen molar-refractivity contribution in [1.82, 2.24) is 4.83 Å². The first-order valence-electron chi connectivity index (χ1n) is 3.98. The smallest absolute Gasteiger partial charge is 0.253 e. The number of sulfonamides is 1. The zero-order valence-electron chi connectivity index (χ0n) is 7.40. The number of benzene rings is 1. The number of halogens is 1. The number of rotatable bonds is 4. The second-order valence-electron chi connectivity index (χ2n) is 2.67. The maximum atomic E-state index is 11.5. The van der Waals surface area contributed by atoms with Gasteiger partial charge in [-0.15, -0.1) is 0 Å². The third-order valence-electron chi connectivity index (χ3n) is 1.78. The molecule has 0 fully saturated rings. The summed E-state index contributed by atoms with van der Waals surface area (Å²) in [6, 6.07) is 6.85. The van der Waals surface area contributed by atoms with E-state index in [4.69, 9.17) is 5.84 Å². The van der Waals surface area contributed by atoms with Gasteiger partial charge in [0.2, 0.25) is 0 Å². The van der Waals surface area contributed by atoms with Crippen LogP contribution in [0, 0.1) is 0 Å². The Morgan fingerprint density at radius 2 is 2.00 bits per heavy atom. The lowest BCUT2D eigenvalue weighted by Crippen LogP contribution is -2.30. The summed E-state index contributed by atoms with van der Waals surface area (Å²) in [5.74, 6) is 4.96. The van der Waals surface area contributed by atoms with E-state index in [1.54, 1.807) is 18.2 Å². The van der Waals surface area contributed by atoms with E-state index in [1.807, 2.05) is 10.9 Å². The lowest BCUT2D eigenvalue weighted by molar-refractivity contribution is 0.583. The summed E-state index contributed by atoms with van der Waals surface area (Å²) >= 11 is 2.20. The van der Waals surface area contributed by atoms with Gasteiger partial charge in [0.15, 0.2) is 0 Å². The Kier molecular flexibility index (Phi) is 4.30. The van der Waals surface area contributed by atoms with Crippen molar-refractivity contribution < 1.29 is 8.42 Å². The Morgan fingerprint density at radius 1 is 1.36 bits per heavy atom. The molecule has 0 radical (unpaired) electrons. The molecule has 1 aromatic rings. The molecule has 0 heterocycles. The van der Waals surface area contributed by atoms with E-state index < -0.39 is 10.0 Å². The summed E-state index contributed by atoms with van der Waals surface area (Å²) < 4.78 is 23.8. The van der Waals surface area contributed by atoms with E-state index in [0.717, 1.165) is 16.4 Å². The molecule has 0 amide bonds. The van der Waals surface area contributed by atoms with Gasteiger partial charge >= 0.3 is 0 Å². The van der Waals surface area contributed by atoms with Crippen LogP contribution in [0.15, 0.2) is 29.2 Å². The molecule has 0 aliphatic heterocycles. The van der Waals surface area contributed by atoms with Crippen LogP contribution in [0.5, 0.6) is 0 Å². The first-order valence-corrected chi connectivity index (χ1v) is 6.99. The number of hydrogen-bond donors (Lipinski definition) is 2. The SMILES string of the molecule is NNS(=O)(=O)c1ccccc1CCI. The minimum Gasteiger partial charge on any atom is -0.257 e. The van der Waals surface area contributed by atoms with Crippen molar-refractivity contribution in [2.75, 3.05) is 4.43 Å². The van der Waals surface area contributed by atoms with Crippen LogP contribution < -0.4 is 10.7 Å². The van der Waals surface area contributed by atoms with Gasteiger partial charge in [-0.2, -0.15) is 4.83 Å². The summed E-state index contributed by atoms with van der Waals surface area (Å²) in [6.45, 7) is 0. The molecule has 78 valence electrons. The molecule has 0 unspecified atom stereocenters. The standard InChI is InChI=1S/C8H11IN2O2S/c9-6-5-7-3-1-2-4-8(7)14(12,13)11-10/h1-4,11H,5-6,10H2. The molecule has 3 N–H and O–H groups in total. The van der Waals surface area contributed by atoms with E-state index in [-0.39, 0.29) is 4.90 Å². The molecule has 0 atom stereocenters. The second kappa shape index (κ2) is 5.06. The van der Waals surface area contributed by atoms with Crippen LogP contribution in [0.4, 0.5) is 0 Å². The van der Waals surface area contributed by atoms with E-state index >= 15 is 0 Å². The van der Waals surface area contributed by atoms with Crippen molar-refractivity contribution in [3.05, 3.63) is 29.8 Å². The number of nitrogens with one attached hydrogen (secondary N) is 1. The second-order valence-corrected chi connectivity index (χ2v) is 5.43. The molecule has 0 saturated carbocycles. The molecule has 0 spiro atoms. The van der Waals surface area contributed by atoms with Gasteiger partial charge in [0.1, 0.15) is 0 Å². The first kappa shape index (κ1) is 11.9. The minimum absolute atomic E-state index is 0.263. The van der Waals surface area contributed by atoms with Crippen LogP contribution in [0.2, 0.25) is 0 Å². The molecular formula is C8H11IN2O2S. The van der Waals surface area contributed by atoms with Gasteiger partial charge in [-0.25, -0.2) is 8.42 Å². The Labute approximate surface area is 97.0 Å². The highest BCUT2D eigenvalue weighted by atomic mass is 127. The normalized spacial score (nSPS) is 11.6. The molecule has 14 heavy (non-hydrogen) atoms. The third kappa shape index (κ3) is 2.66. The first-order chi connectivity index (χ1) is 6.61. The quantitative estimate of drug-likeness (QED) is 0.372. The van der Waals surface area contributed by atoms with E-state index in [1.165, 1.54) is 0 Å². The van der Waals surface area contributed by atoms with Crippen molar-refractivity contribution in [3.63, 3.8) is 0 Å². The Morgan fingerprint density at radius 3 is 2.57 bits per heavy atom. The zero-order chi connectivity index (χ0) is 10.6. The maximum absolute atomic E-state index is 11.5. The Bertz CT molecular complexity index is 406. The van der Waals surface area contributed by atoms with Crippen molar-refractivity contribution in [3.8, 4) is 0 Å². The molecule has 0 saturated heterocycles. The van der Waals surface area contributed by atoms with Gasteiger partial charge in [0.05, 0.1) is 4.90 Å². The van der Waals surface area contributed by atoms with Crippen LogP contribution >= 0.6 is 22.6 Å². The maximum Gasteiger partial charge on any atom is 0.253 e. The topological polar surface area (TPSA) is 72.2 Å². The highest BCUT2D eigenvalue weighted by molar-refractivity contribution is 14.1. The average Bonchev–Trinajstić information content (AvgIpc) is 2.19. The number of hydrogen-bond acceptors (Lipinski definition) is 3. The largest absolute Gasteiger partial charge is 0.257 e. The van der Waals surface area contributed by atoms with Crippen LogP contribution in [0.3, 0.4) is 0 Å². The molecule has 0 aromatic heterocycles. The van der Waals surface area contributed by atoms with Gasteiger partial charge in [-0.1, -0.05) is 40.8 Å². The predicted octanol–water partition coefficient (Wildman–Crippen LogP) is 0.816. The van der Waals surface area contributed by atoms with Crippen molar-refractivity contribution in [1.29, 1.82) is 0 Å². The molecule has 0 aliphatic rings. The average molecular weight is 326 g/mol.